The lowest BCUT2D eigenvalue weighted by atomic mass is 10.00. The molecule has 0 saturated heterocycles. The predicted molar refractivity (Wildman–Crippen MR) is 85.3 cm³/mol. The van der Waals surface area contributed by atoms with Gasteiger partial charge in [0.25, 0.3) is 0 Å². The zero-order valence-corrected chi connectivity index (χ0v) is 12.8. The van der Waals surface area contributed by atoms with Gasteiger partial charge in [-0.1, -0.05) is 11.2 Å². The Balaban J connectivity index is 1.41. The highest BCUT2D eigenvalue weighted by Crippen LogP contribution is 2.33. The summed E-state index contributed by atoms with van der Waals surface area (Å²) in [5, 5.41) is 4.23. The molecule has 0 N–H and O–H groups in total. The van der Waals surface area contributed by atoms with Crippen LogP contribution in [0.2, 0.25) is 0 Å². The van der Waals surface area contributed by atoms with Gasteiger partial charge in [0.15, 0.2) is 11.5 Å². The van der Waals surface area contributed by atoms with E-state index in [1.165, 1.54) is 0 Å². The number of benzene rings is 2. The number of hydrogen-bond acceptors (Lipinski definition) is 5. The quantitative estimate of drug-likeness (QED) is 0.870. The van der Waals surface area contributed by atoms with Gasteiger partial charge < -0.3 is 19.0 Å². The van der Waals surface area contributed by atoms with E-state index >= 15 is 0 Å². The molecule has 0 aliphatic carbocycles. The third kappa shape index (κ3) is 2.82. The topological polar surface area (TPSA) is 49.3 Å². The third-order valence-corrected chi connectivity index (χ3v) is 4.06. The van der Waals surface area contributed by atoms with E-state index in [-0.39, 0.29) is 6.10 Å². The number of rotatable bonds is 4. The van der Waals surface area contributed by atoms with Crippen molar-refractivity contribution < 1.29 is 19.0 Å². The summed E-state index contributed by atoms with van der Waals surface area (Å²) in [6.45, 7) is 0.295. The molecule has 0 bridgehead atoms. The Bertz CT molecular complexity index is 739. The molecule has 0 spiro atoms. The Hall–Kier alpha value is -2.69. The van der Waals surface area contributed by atoms with Gasteiger partial charge in [0.05, 0.1) is 12.8 Å². The van der Waals surface area contributed by atoms with Gasteiger partial charge >= 0.3 is 0 Å². The van der Waals surface area contributed by atoms with E-state index in [4.69, 9.17) is 19.0 Å². The van der Waals surface area contributed by atoms with Crippen LogP contribution in [0, 0.1) is 0 Å². The van der Waals surface area contributed by atoms with Crippen LogP contribution in [-0.2, 0) is 11.3 Å². The fraction of sp³-hybridized carbons (Fsp3) is 0.278. The molecule has 1 atom stereocenters. The number of hydrogen-bond donors (Lipinski definition) is 0. The van der Waals surface area contributed by atoms with Crippen LogP contribution >= 0.6 is 0 Å². The molecule has 5 heteroatoms. The second-order valence-electron chi connectivity index (χ2n) is 5.59. The molecule has 2 heterocycles. The van der Waals surface area contributed by atoms with Crippen molar-refractivity contribution in [2.75, 3.05) is 13.9 Å². The summed E-state index contributed by atoms with van der Waals surface area (Å²) >= 11 is 0. The van der Waals surface area contributed by atoms with E-state index in [1.54, 1.807) is 7.11 Å². The molecule has 4 rings (SSSR count). The van der Waals surface area contributed by atoms with E-state index < -0.39 is 0 Å². The summed E-state index contributed by atoms with van der Waals surface area (Å²) in [7, 11) is 1.66. The SMILES string of the molecule is COc1ccc(C2=NO[C@@H](Cc3ccc4c(c3)OCO4)C2)cc1. The van der Waals surface area contributed by atoms with E-state index in [9.17, 15) is 0 Å². The summed E-state index contributed by atoms with van der Waals surface area (Å²) in [6.07, 6.45) is 1.63. The summed E-state index contributed by atoms with van der Waals surface area (Å²) < 4.78 is 15.9. The van der Waals surface area contributed by atoms with E-state index in [1.807, 2.05) is 42.5 Å². The number of methoxy groups -OCH3 is 1. The van der Waals surface area contributed by atoms with Gasteiger partial charge in [-0.15, -0.1) is 0 Å². The maximum Gasteiger partial charge on any atom is 0.231 e. The van der Waals surface area contributed by atoms with Crippen molar-refractivity contribution in [1.82, 2.24) is 0 Å². The summed E-state index contributed by atoms with van der Waals surface area (Å²) in [4.78, 5) is 5.58. The average Bonchev–Trinajstić information content (AvgIpc) is 3.24. The summed E-state index contributed by atoms with van der Waals surface area (Å²) in [6, 6.07) is 13.9. The summed E-state index contributed by atoms with van der Waals surface area (Å²) in [5.41, 5.74) is 3.20. The van der Waals surface area contributed by atoms with Crippen molar-refractivity contribution in [1.29, 1.82) is 0 Å². The smallest absolute Gasteiger partial charge is 0.231 e. The average molecular weight is 311 g/mol. The maximum atomic E-state index is 5.58. The molecule has 5 nitrogen and oxygen atoms in total. The Morgan fingerprint density at radius 2 is 1.91 bits per heavy atom. The number of ether oxygens (including phenoxy) is 3. The lowest BCUT2D eigenvalue weighted by Crippen LogP contribution is -2.11. The van der Waals surface area contributed by atoms with Crippen LogP contribution in [0.1, 0.15) is 17.5 Å². The van der Waals surface area contributed by atoms with Crippen LogP contribution in [-0.4, -0.2) is 25.7 Å². The fourth-order valence-electron chi connectivity index (χ4n) is 2.82. The first-order valence-electron chi connectivity index (χ1n) is 7.57. The van der Waals surface area contributed by atoms with Gasteiger partial charge in [0.1, 0.15) is 11.9 Å². The molecule has 2 aromatic rings. The first-order chi connectivity index (χ1) is 11.3. The van der Waals surface area contributed by atoms with Gasteiger partial charge in [-0.05, 0) is 47.5 Å². The molecule has 118 valence electrons. The van der Waals surface area contributed by atoms with Crippen LogP contribution in [0.4, 0.5) is 0 Å². The maximum absolute atomic E-state index is 5.58. The van der Waals surface area contributed by atoms with Gasteiger partial charge in [-0.25, -0.2) is 0 Å². The molecule has 0 amide bonds. The van der Waals surface area contributed by atoms with Gasteiger partial charge in [0, 0.05) is 12.8 Å². The van der Waals surface area contributed by atoms with E-state index in [2.05, 4.69) is 5.16 Å². The van der Waals surface area contributed by atoms with Crippen LogP contribution in [0.5, 0.6) is 17.2 Å². The number of oxime groups is 1. The predicted octanol–water partition coefficient (Wildman–Crippen LogP) is 3.16. The Morgan fingerprint density at radius 3 is 2.74 bits per heavy atom. The molecule has 0 radical (unpaired) electrons. The van der Waals surface area contributed by atoms with E-state index in [0.29, 0.717) is 6.79 Å². The number of nitrogens with zero attached hydrogens (tertiary/aromatic N) is 1. The van der Waals surface area contributed by atoms with Crippen molar-refractivity contribution in [2.24, 2.45) is 5.16 Å². The highest BCUT2D eigenvalue weighted by atomic mass is 16.7. The van der Waals surface area contributed by atoms with E-state index in [0.717, 1.165) is 46.9 Å². The van der Waals surface area contributed by atoms with Crippen molar-refractivity contribution >= 4 is 5.71 Å². The Morgan fingerprint density at radius 1 is 1.09 bits per heavy atom. The molecule has 2 aliphatic heterocycles. The first-order valence-corrected chi connectivity index (χ1v) is 7.57. The van der Waals surface area contributed by atoms with Crippen molar-refractivity contribution in [2.45, 2.75) is 18.9 Å². The van der Waals surface area contributed by atoms with Crippen molar-refractivity contribution in [3.8, 4) is 17.2 Å². The fourth-order valence-corrected chi connectivity index (χ4v) is 2.82. The highest BCUT2D eigenvalue weighted by Gasteiger charge is 2.23. The molecule has 0 aromatic heterocycles. The Kier molecular flexibility index (Phi) is 3.54. The largest absolute Gasteiger partial charge is 0.497 e. The first kappa shape index (κ1) is 13.9. The normalized spacial score (nSPS) is 18.5. The number of fused-ring (bicyclic) bond motifs is 1. The lowest BCUT2D eigenvalue weighted by molar-refractivity contribution is 0.0859. The van der Waals surface area contributed by atoms with Gasteiger partial charge in [-0.3, -0.25) is 0 Å². The van der Waals surface area contributed by atoms with Crippen LogP contribution in [0.25, 0.3) is 0 Å². The van der Waals surface area contributed by atoms with Gasteiger partial charge in [-0.2, -0.15) is 0 Å². The van der Waals surface area contributed by atoms with Crippen molar-refractivity contribution in [3.05, 3.63) is 53.6 Å². The molecule has 2 aliphatic rings. The molecule has 0 saturated carbocycles. The molecule has 0 unspecified atom stereocenters. The zero-order valence-electron chi connectivity index (χ0n) is 12.8. The molecule has 23 heavy (non-hydrogen) atoms. The zero-order chi connectivity index (χ0) is 15.6. The van der Waals surface area contributed by atoms with Gasteiger partial charge in [0.2, 0.25) is 6.79 Å². The van der Waals surface area contributed by atoms with Crippen LogP contribution in [0.3, 0.4) is 0 Å². The minimum atomic E-state index is 0.0486. The highest BCUT2D eigenvalue weighted by molar-refractivity contribution is 6.01. The second-order valence-corrected chi connectivity index (χ2v) is 5.59. The lowest BCUT2D eigenvalue weighted by Gasteiger charge is -2.08. The molecular weight excluding hydrogens is 294 g/mol. The Labute approximate surface area is 134 Å². The standard InChI is InChI=1S/C18H17NO4/c1-20-14-5-3-13(4-6-14)16-10-15(23-19-16)8-12-2-7-17-18(9-12)22-11-21-17/h2-7,9,15H,8,10-11H2,1H3/t15-/m0/s1. The van der Waals surface area contributed by atoms with Crippen LogP contribution in [0.15, 0.2) is 47.6 Å². The van der Waals surface area contributed by atoms with Crippen LogP contribution < -0.4 is 14.2 Å². The summed E-state index contributed by atoms with van der Waals surface area (Å²) in [5.74, 6) is 2.44. The minimum Gasteiger partial charge on any atom is -0.497 e. The molecule has 2 aromatic carbocycles. The monoisotopic (exact) mass is 311 g/mol. The van der Waals surface area contributed by atoms with Crippen molar-refractivity contribution in [3.63, 3.8) is 0 Å². The molecule has 0 fully saturated rings. The minimum absolute atomic E-state index is 0.0486. The molecular formula is C18H17NO4. The third-order valence-electron chi connectivity index (χ3n) is 4.06. The second kappa shape index (κ2) is 5.83.